The van der Waals surface area contributed by atoms with Crippen LogP contribution in [0.25, 0.3) is 0 Å². The molecule has 0 bridgehead atoms. The summed E-state index contributed by atoms with van der Waals surface area (Å²) in [5.74, 6) is -0.377. The van der Waals surface area contributed by atoms with Crippen LogP contribution in [0.15, 0.2) is 29.3 Å². The lowest BCUT2D eigenvalue weighted by Crippen LogP contribution is -2.28. The number of hydrogen-bond donors (Lipinski definition) is 0. The van der Waals surface area contributed by atoms with Crippen LogP contribution in [0.2, 0.25) is 5.02 Å². The summed E-state index contributed by atoms with van der Waals surface area (Å²) < 4.78 is 63.5. The molecule has 0 radical (unpaired) electrons. The summed E-state index contributed by atoms with van der Waals surface area (Å²) in [5.41, 5.74) is -3.35. The summed E-state index contributed by atoms with van der Waals surface area (Å²) in [7, 11) is -5.70. The van der Waals surface area contributed by atoms with Gasteiger partial charge < -0.3 is 4.18 Å². The molecule has 0 aromatic heterocycles. The third-order valence-corrected chi connectivity index (χ3v) is 4.02. The molecule has 0 aliphatic carbocycles. The van der Waals surface area contributed by atoms with Gasteiger partial charge in [0.25, 0.3) is 0 Å². The Bertz CT molecular complexity index is 660. The highest BCUT2D eigenvalue weighted by Crippen LogP contribution is 2.31. The Kier molecular flexibility index (Phi) is 5.33. The van der Waals surface area contributed by atoms with Crippen molar-refractivity contribution in [2.24, 2.45) is 0 Å². The van der Waals surface area contributed by atoms with Gasteiger partial charge in [0, 0.05) is 10.6 Å². The second-order valence-corrected chi connectivity index (χ2v) is 6.67. The molecule has 0 unspecified atom stereocenters. The van der Waals surface area contributed by atoms with Crippen molar-refractivity contribution in [3.8, 4) is 5.75 Å². The highest BCUT2D eigenvalue weighted by molar-refractivity contribution is 7.88. The van der Waals surface area contributed by atoms with Gasteiger partial charge in [-0.15, -0.1) is 0 Å². The molecule has 3 nitrogen and oxygen atoms in total. The molecule has 118 valence electrons. The van der Waals surface area contributed by atoms with E-state index in [0.29, 0.717) is 0 Å². The number of rotatable bonds is 4. The van der Waals surface area contributed by atoms with Crippen LogP contribution in [0.5, 0.6) is 5.75 Å². The molecule has 1 aromatic carbocycles. The Balaban J connectivity index is 3.23. The molecule has 0 amide bonds. The van der Waals surface area contributed by atoms with E-state index in [1.807, 2.05) is 13.8 Å². The van der Waals surface area contributed by atoms with Gasteiger partial charge in [-0.25, -0.2) is 0 Å². The van der Waals surface area contributed by atoms with Crippen LogP contribution in [-0.2, 0) is 16.5 Å². The van der Waals surface area contributed by atoms with E-state index in [-0.39, 0.29) is 22.8 Å². The highest BCUT2D eigenvalue weighted by atomic mass is 35.5. The van der Waals surface area contributed by atoms with E-state index in [4.69, 9.17) is 11.6 Å². The summed E-state index contributed by atoms with van der Waals surface area (Å²) in [5, 5.41) is 0.281. The standard InChI is InChI=1S/C13H14ClF3O3S/c1-8(2)9(3)6-10-7-11(14)4-5-12(10)20-21(18,19)13(15,16)17/h4-5,7H,6H2,1-3H3. The van der Waals surface area contributed by atoms with Crippen molar-refractivity contribution in [1.82, 2.24) is 0 Å². The van der Waals surface area contributed by atoms with Crippen molar-refractivity contribution in [3.05, 3.63) is 39.9 Å². The first kappa shape index (κ1) is 17.8. The monoisotopic (exact) mass is 342 g/mol. The Hall–Kier alpha value is -1.21. The molecule has 0 fully saturated rings. The fourth-order valence-corrected chi connectivity index (χ4v) is 2.08. The molecule has 0 saturated carbocycles. The summed E-state index contributed by atoms with van der Waals surface area (Å²) in [6, 6.07) is 3.76. The normalized spacial score (nSPS) is 12.1. The average molecular weight is 343 g/mol. The zero-order chi connectivity index (χ0) is 16.4. The third kappa shape index (κ3) is 4.64. The van der Waals surface area contributed by atoms with E-state index in [1.54, 1.807) is 6.92 Å². The molecule has 0 aliphatic heterocycles. The van der Waals surface area contributed by atoms with E-state index in [9.17, 15) is 21.6 Å². The Labute approximate surface area is 126 Å². The van der Waals surface area contributed by atoms with Gasteiger partial charge in [0.15, 0.2) is 0 Å². The van der Waals surface area contributed by atoms with Gasteiger partial charge in [-0.3, -0.25) is 0 Å². The Morgan fingerprint density at radius 2 is 1.81 bits per heavy atom. The molecule has 8 heteroatoms. The predicted molar refractivity (Wildman–Crippen MR) is 74.8 cm³/mol. The fourth-order valence-electron chi connectivity index (χ4n) is 1.40. The van der Waals surface area contributed by atoms with Crippen LogP contribution in [0.1, 0.15) is 26.3 Å². The van der Waals surface area contributed by atoms with Crippen LogP contribution in [-0.4, -0.2) is 13.9 Å². The van der Waals surface area contributed by atoms with Crippen LogP contribution >= 0.6 is 11.6 Å². The predicted octanol–water partition coefficient (Wildman–Crippen LogP) is 4.47. The maximum Gasteiger partial charge on any atom is 0.534 e. The maximum absolute atomic E-state index is 12.4. The fraction of sp³-hybridized carbons (Fsp3) is 0.385. The van der Waals surface area contributed by atoms with Gasteiger partial charge in [-0.05, 0) is 45.4 Å². The topological polar surface area (TPSA) is 43.4 Å². The first-order valence-electron chi connectivity index (χ1n) is 5.86. The molecular formula is C13H14ClF3O3S. The van der Waals surface area contributed by atoms with Crippen molar-refractivity contribution in [1.29, 1.82) is 0 Å². The van der Waals surface area contributed by atoms with Crippen LogP contribution in [0.4, 0.5) is 13.2 Å². The lowest BCUT2D eigenvalue weighted by molar-refractivity contribution is -0.0500. The summed E-state index contributed by atoms with van der Waals surface area (Å²) in [6.45, 7) is 5.47. The highest BCUT2D eigenvalue weighted by Gasteiger charge is 2.48. The molecule has 0 spiro atoms. The Morgan fingerprint density at radius 3 is 2.29 bits per heavy atom. The van der Waals surface area contributed by atoms with Gasteiger partial charge in [-0.2, -0.15) is 21.6 Å². The summed E-state index contributed by atoms with van der Waals surface area (Å²) >= 11 is 5.80. The first-order valence-corrected chi connectivity index (χ1v) is 7.65. The number of allylic oxidation sites excluding steroid dienone is 2. The lowest BCUT2D eigenvalue weighted by atomic mass is 10.0. The molecule has 0 heterocycles. The molecule has 0 N–H and O–H groups in total. The van der Waals surface area contributed by atoms with Crippen LogP contribution in [0.3, 0.4) is 0 Å². The van der Waals surface area contributed by atoms with Gasteiger partial charge in [0.05, 0.1) is 0 Å². The number of hydrogen-bond acceptors (Lipinski definition) is 3. The lowest BCUT2D eigenvalue weighted by Gasteiger charge is -2.14. The van der Waals surface area contributed by atoms with Gasteiger partial charge in [0.1, 0.15) is 5.75 Å². The molecule has 21 heavy (non-hydrogen) atoms. The minimum absolute atomic E-state index is 0.242. The van der Waals surface area contributed by atoms with E-state index in [1.165, 1.54) is 12.1 Å². The largest absolute Gasteiger partial charge is 0.534 e. The minimum Gasteiger partial charge on any atom is -0.376 e. The van der Waals surface area contributed by atoms with E-state index in [0.717, 1.165) is 17.2 Å². The van der Waals surface area contributed by atoms with E-state index < -0.39 is 15.6 Å². The third-order valence-electron chi connectivity index (χ3n) is 2.81. The van der Waals surface area contributed by atoms with Gasteiger partial charge in [0.2, 0.25) is 0 Å². The van der Waals surface area contributed by atoms with Gasteiger partial charge in [-0.1, -0.05) is 22.7 Å². The smallest absolute Gasteiger partial charge is 0.376 e. The summed E-state index contributed by atoms with van der Waals surface area (Å²) in [6.07, 6.45) is 0.242. The molecule has 0 aliphatic rings. The Morgan fingerprint density at radius 1 is 1.24 bits per heavy atom. The molecule has 1 rings (SSSR count). The van der Waals surface area contributed by atoms with Gasteiger partial charge >= 0.3 is 15.6 Å². The van der Waals surface area contributed by atoms with Crippen molar-refractivity contribution < 1.29 is 25.8 Å². The van der Waals surface area contributed by atoms with E-state index >= 15 is 0 Å². The first-order chi connectivity index (χ1) is 9.44. The van der Waals surface area contributed by atoms with Crippen molar-refractivity contribution in [3.63, 3.8) is 0 Å². The quantitative estimate of drug-likeness (QED) is 0.460. The van der Waals surface area contributed by atoms with Crippen LogP contribution in [0, 0.1) is 0 Å². The van der Waals surface area contributed by atoms with Crippen LogP contribution < -0.4 is 4.18 Å². The average Bonchev–Trinajstić information content (AvgIpc) is 2.30. The molecular weight excluding hydrogens is 329 g/mol. The molecule has 1 aromatic rings. The zero-order valence-electron chi connectivity index (χ0n) is 11.6. The SMILES string of the molecule is CC(C)=C(C)Cc1cc(Cl)ccc1OS(=O)(=O)C(F)(F)F. The van der Waals surface area contributed by atoms with Crippen molar-refractivity contribution in [2.75, 3.05) is 0 Å². The zero-order valence-corrected chi connectivity index (χ0v) is 13.2. The number of alkyl halides is 3. The minimum atomic E-state index is -5.70. The maximum atomic E-state index is 12.4. The van der Waals surface area contributed by atoms with Crippen molar-refractivity contribution in [2.45, 2.75) is 32.7 Å². The number of benzene rings is 1. The second-order valence-electron chi connectivity index (χ2n) is 4.69. The summed E-state index contributed by atoms with van der Waals surface area (Å²) in [4.78, 5) is 0. The molecule has 0 saturated heterocycles. The van der Waals surface area contributed by atoms with Crippen molar-refractivity contribution >= 4 is 21.7 Å². The number of halogens is 4. The van der Waals surface area contributed by atoms with E-state index in [2.05, 4.69) is 4.18 Å². The molecule has 0 atom stereocenters. The second kappa shape index (κ2) is 6.27.